The summed E-state index contributed by atoms with van der Waals surface area (Å²) in [7, 11) is 0. The Morgan fingerprint density at radius 2 is 2.13 bits per heavy atom. The molecule has 2 aliphatic rings. The maximum atomic E-state index is 6.13. The van der Waals surface area contributed by atoms with E-state index in [-0.39, 0.29) is 24.0 Å². The highest BCUT2D eigenvalue weighted by Crippen LogP contribution is 2.24. The van der Waals surface area contributed by atoms with Gasteiger partial charge in [-0.3, -0.25) is 4.99 Å². The number of hydrogen-bond donors (Lipinski definition) is 1. The molecule has 23 heavy (non-hydrogen) atoms. The molecule has 3 rings (SSSR count). The van der Waals surface area contributed by atoms with Crippen LogP contribution >= 0.6 is 35.3 Å². The van der Waals surface area contributed by atoms with E-state index in [1.165, 1.54) is 30.8 Å². The summed E-state index contributed by atoms with van der Waals surface area (Å²) in [4.78, 5) is 13.9. The highest BCUT2D eigenvalue weighted by Gasteiger charge is 2.18. The van der Waals surface area contributed by atoms with E-state index in [2.05, 4.69) is 27.1 Å². The lowest BCUT2D eigenvalue weighted by Crippen LogP contribution is -2.43. The van der Waals surface area contributed by atoms with Crippen molar-refractivity contribution in [3.8, 4) is 0 Å². The minimum atomic E-state index is 0. The zero-order chi connectivity index (χ0) is 15.4. The Kier molecular flexibility index (Phi) is 7.39. The summed E-state index contributed by atoms with van der Waals surface area (Å²) in [6.07, 6.45) is 6.01. The molecule has 2 aliphatic heterocycles. The molecule has 2 N–H and O–H groups in total. The Balaban J connectivity index is 0.00000192. The number of aliphatic imine (C=N–C) groups is 1. The predicted octanol–water partition coefficient (Wildman–Crippen LogP) is 2.95. The topological polar surface area (TPSA) is 57.8 Å². The van der Waals surface area contributed by atoms with Gasteiger partial charge in [0.15, 0.2) is 11.1 Å². The second-order valence-electron chi connectivity index (χ2n) is 6.50. The first-order valence-corrected chi connectivity index (χ1v) is 9.34. The summed E-state index contributed by atoms with van der Waals surface area (Å²) >= 11 is 1.76. The average molecular weight is 449 g/mol. The Labute approximate surface area is 160 Å². The number of thiazole rings is 1. The first kappa shape index (κ1) is 18.8. The van der Waals surface area contributed by atoms with Crippen LogP contribution in [-0.4, -0.2) is 48.6 Å². The minimum absolute atomic E-state index is 0. The molecule has 1 unspecified atom stereocenters. The van der Waals surface area contributed by atoms with Crippen molar-refractivity contribution in [2.75, 3.05) is 37.6 Å². The molecule has 0 radical (unpaired) electrons. The van der Waals surface area contributed by atoms with Crippen molar-refractivity contribution in [1.29, 1.82) is 0 Å². The molecule has 1 aromatic heterocycles. The minimum Gasteiger partial charge on any atom is -0.370 e. The van der Waals surface area contributed by atoms with Gasteiger partial charge < -0.3 is 15.5 Å². The molecule has 1 aromatic rings. The highest BCUT2D eigenvalue weighted by atomic mass is 127. The summed E-state index contributed by atoms with van der Waals surface area (Å²) in [5.41, 5.74) is 7.28. The third-order valence-electron chi connectivity index (χ3n) is 4.54. The summed E-state index contributed by atoms with van der Waals surface area (Å²) < 4.78 is 0. The molecule has 2 saturated heterocycles. The van der Waals surface area contributed by atoms with Gasteiger partial charge in [0.05, 0.1) is 5.69 Å². The van der Waals surface area contributed by atoms with Gasteiger partial charge in [0.25, 0.3) is 0 Å². The molecule has 130 valence electrons. The van der Waals surface area contributed by atoms with Crippen LogP contribution in [0.25, 0.3) is 0 Å². The van der Waals surface area contributed by atoms with Crippen LogP contribution in [0.4, 0.5) is 5.13 Å². The van der Waals surface area contributed by atoms with Gasteiger partial charge in [-0.25, -0.2) is 4.98 Å². The van der Waals surface area contributed by atoms with Crippen LogP contribution in [0.3, 0.4) is 0 Å². The molecule has 5 nitrogen and oxygen atoms in total. The van der Waals surface area contributed by atoms with Crippen molar-refractivity contribution < 1.29 is 0 Å². The molecule has 3 heterocycles. The Morgan fingerprint density at radius 1 is 1.35 bits per heavy atom. The lowest BCUT2D eigenvalue weighted by atomic mass is 10.0. The largest absolute Gasteiger partial charge is 0.370 e. The van der Waals surface area contributed by atoms with Gasteiger partial charge in [-0.05, 0) is 31.6 Å². The van der Waals surface area contributed by atoms with Gasteiger partial charge in [0.2, 0.25) is 0 Å². The number of halogens is 1. The fourth-order valence-corrected chi connectivity index (χ4v) is 4.16. The fraction of sp³-hybridized carbons (Fsp3) is 0.750. The highest BCUT2D eigenvalue weighted by molar-refractivity contribution is 14.0. The monoisotopic (exact) mass is 449 g/mol. The number of guanidine groups is 1. The van der Waals surface area contributed by atoms with E-state index < -0.39 is 0 Å². The number of likely N-dealkylation sites (tertiary alicyclic amines) is 1. The molecule has 0 amide bonds. The van der Waals surface area contributed by atoms with Crippen molar-refractivity contribution in [2.45, 2.75) is 39.0 Å². The van der Waals surface area contributed by atoms with Gasteiger partial charge in [-0.15, -0.1) is 35.3 Å². The second-order valence-corrected chi connectivity index (χ2v) is 7.34. The molecular formula is C16H28IN5S. The quantitative estimate of drug-likeness (QED) is 0.436. The number of aromatic nitrogens is 1. The third kappa shape index (κ3) is 5.20. The number of rotatable bonds is 4. The molecule has 7 heteroatoms. The lowest BCUT2D eigenvalue weighted by molar-refractivity contribution is 0.270. The molecule has 2 fully saturated rings. The fourth-order valence-electron chi connectivity index (χ4n) is 3.25. The van der Waals surface area contributed by atoms with Crippen LogP contribution in [0.1, 0.15) is 38.3 Å². The number of nitrogens with two attached hydrogens (primary N) is 1. The summed E-state index contributed by atoms with van der Waals surface area (Å²) in [6, 6.07) is 0. The first-order chi connectivity index (χ1) is 10.7. The SMILES string of the molecule is CC1CCCN(C(N)=NCCc2csc(N3CCCC3)n2)C1.I. The van der Waals surface area contributed by atoms with E-state index in [1.807, 2.05) is 0 Å². The Morgan fingerprint density at radius 3 is 2.87 bits per heavy atom. The third-order valence-corrected chi connectivity index (χ3v) is 5.49. The average Bonchev–Trinajstić information content (AvgIpc) is 3.18. The van der Waals surface area contributed by atoms with Crippen LogP contribution in [0, 0.1) is 5.92 Å². The van der Waals surface area contributed by atoms with E-state index >= 15 is 0 Å². The Hall–Kier alpha value is -0.570. The molecule has 0 bridgehead atoms. The smallest absolute Gasteiger partial charge is 0.191 e. The van der Waals surface area contributed by atoms with Crippen LogP contribution in [0.5, 0.6) is 0 Å². The van der Waals surface area contributed by atoms with Gasteiger partial charge in [0.1, 0.15) is 0 Å². The van der Waals surface area contributed by atoms with E-state index in [0.29, 0.717) is 5.96 Å². The van der Waals surface area contributed by atoms with Gasteiger partial charge in [0, 0.05) is 44.5 Å². The van der Waals surface area contributed by atoms with Crippen molar-refractivity contribution in [1.82, 2.24) is 9.88 Å². The Bertz CT molecular complexity index is 512. The maximum absolute atomic E-state index is 6.13. The zero-order valence-electron chi connectivity index (χ0n) is 13.9. The molecule has 1 atom stereocenters. The standard InChI is InChI=1S/C16H27N5S.HI/c1-13-5-4-10-21(11-13)15(17)18-7-6-14-12-22-16(19-14)20-8-2-3-9-20;/h12-13H,2-11H2,1H3,(H2,17,18);1H. The predicted molar refractivity (Wildman–Crippen MR) is 109 cm³/mol. The van der Waals surface area contributed by atoms with Crippen LogP contribution in [0.15, 0.2) is 10.4 Å². The second kappa shape index (κ2) is 9.05. The summed E-state index contributed by atoms with van der Waals surface area (Å²) in [6.45, 7) is 7.44. The number of piperidine rings is 1. The van der Waals surface area contributed by atoms with E-state index in [1.54, 1.807) is 11.3 Å². The summed E-state index contributed by atoms with van der Waals surface area (Å²) in [5.74, 6) is 1.44. The number of nitrogens with zero attached hydrogens (tertiary/aromatic N) is 4. The summed E-state index contributed by atoms with van der Waals surface area (Å²) in [5, 5.41) is 3.34. The maximum Gasteiger partial charge on any atom is 0.191 e. The van der Waals surface area contributed by atoms with Crippen molar-refractivity contribution in [3.05, 3.63) is 11.1 Å². The van der Waals surface area contributed by atoms with E-state index in [4.69, 9.17) is 10.7 Å². The lowest BCUT2D eigenvalue weighted by Gasteiger charge is -2.31. The van der Waals surface area contributed by atoms with Crippen molar-refractivity contribution in [3.63, 3.8) is 0 Å². The normalized spacial score (nSPS) is 22.3. The van der Waals surface area contributed by atoms with Gasteiger partial charge in [-0.2, -0.15) is 0 Å². The molecule has 0 aliphatic carbocycles. The van der Waals surface area contributed by atoms with E-state index in [9.17, 15) is 0 Å². The molecular weight excluding hydrogens is 421 g/mol. The molecule has 0 aromatic carbocycles. The van der Waals surface area contributed by atoms with Crippen LogP contribution in [-0.2, 0) is 6.42 Å². The number of hydrogen-bond acceptors (Lipinski definition) is 4. The van der Waals surface area contributed by atoms with Crippen LogP contribution < -0.4 is 10.6 Å². The molecule has 0 spiro atoms. The van der Waals surface area contributed by atoms with Crippen molar-refractivity contribution in [2.24, 2.45) is 16.6 Å². The first-order valence-electron chi connectivity index (χ1n) is 8.46. The van der Waals surface area contributed by atoms with E-state index in [0.717, 1.165) is 50.8 Å². The molecule has 0 saturated carbocycles. The van der Waals surface area contributed by atoms with Gasteiger partial charge in [-0.1, -0.05) is 6.92 Å². The van der Waals surface area contributed by atoms with Crippen LogP contribution in [0.2, 0.25) is 0 Å². The van der Waals surface area contributed by atoms with Gasteiger partial charge >= 0.3 is 0 Å². The number of anilines is 1. The zero-order valence-corrected chi connectivity index (χ0v) is 17.1. The van der Waals surface area contributed by atoms with Crippen molar-refractivity contribution >= 4 is 46.4 Å².